The van der Waals surface area contributed by atoms with Crippen LogP contribution >= 0.6 is 0 Å². The first-order valence-corrected chi connectivity index (χ1v) is 6.60. The zero-order valence-corrected chi connectivity index (χ0v) is 11.6. The van der Waals surface area contributed by atoms with Gasteiger partial charge in [0.25, 0.3) is 5.91 Å². The van der Waals surface area contributed by atoms with Gasteiger partial charge < -0.3 is 10.4 Å². The standard InChI is InChI=1S/C14H16N4O3/c1-2-3-11(14(20)21)17-13(19)10-4-5-12(16-8-10)18-7-6-15-9-18/h4-9,11H,2-3H2,1H3,(H,17,19)(H,20,21)/t11-/m1/s1. The summed E-state index contributed by atoms with van der Waals surface area (Å²) in [6, 6.07) is 2.39. The summed E-state index contributed by atoms with van der Waals surface area (Å²) >= 11 is 0. The molecule has 0 aliphatic carbocycles. The number of aromatic nitrogens is 3. The predicted molar refractivity (Wildman–Crippen MR) is 75.2 cm³/mol. The molecule has 7 heteroatoms. The van der Waals surface area contributed by atoms with E-state index >= 15 is 0 Å². The Morgan fingerprint density at radius 3 is 2.76 bits per heavy atom. The average Bonchev–Trinajstić information content (AvgIpc) is 3.01. The van der Waals surface area contributed by atoms with Crippen LogP contribution in [0.15, 0.2) is 37.1 Å². The van der Waals surface area contributed by atoms with Crippen LogP contribution in [0, 0.1) is 0 Å². The Bertz CT molecular complexity index is 608. The van der Waals surface area contributed by atoms with Gasteiger partial charge in [-0.1, -0.05) is 13.3 Å². The lowest BCUT2D eigenvalue weighted by Gasteiger charge is -2.13. The highest BCUT2D eigenvalue weighted by atomic mass is 16.4. The molecule has 0 bridgehead atoms. The third-order valence-electron chi connectivity index (χ3n) is 2.96. The number of imidazole rings is 1. The fourth-order valence-electron chi connectivity index (χ4n) is 1.86. The molecule has 0 aliphatic heterocycles. The number of carboxylic acid groups (broad SMARTS) is 1. The van der Waals surface area contributed by atoms with Gasteiger partial charge in [0, 0.05) is 18.6 Å². The van der Waals surface area contributed by atoms with E-state index in [0.717, 1.165) is 0 Å². The van der Waals surface area contributed by atoms with E-state index in [2.05, 4.69) is 15.3 Å². The molecule has 0 radical (unpaired) electrons. The van der Waals surface area contributed by atoms with Crippen molar-refractivity contribution in [3.8, 4) is 5.82 Å². The lowest BCUT2D eigenvalue weighted by atomic mass is 10.1. The van der Waals surface area contributed by atoms with Crippen molar-refractivity contribution in [2.24, 2.45) is 0 Å². The molecule has 0 aliphatic rings. The molecule has 7 nitrogen and oxygen atoms in total. The molecule has 0 saturated heterocycles. The summed E-state index contributed by atoms with van der Waals surface area (Å²) in [5, 5.41) is 11.5. The van der Waals surface area contributed by atoms with Crippen molar-refractivity contribution in [3.05, 3.63) is 42.6 Å². The van der Waals surface area contributed by atoms with Crippen LogP contribution in [-0.4, -0.2) is 37.6 Å². The molecule has 0 fully saturated rings. The Balaban J connectivity index is 2.07. The third-order valence-corrected chi connectivity index (χ3v) is 2.96. The highest BCUT2D eigenvalue weighted by Crippen LogP contribution is 2.06. The summed E-state index contributed by atoms with van der Waals surface area (Å²) in [7, 11) is 0. The number of aliphatic carboxylic acids is 1. The van der Waals surface area contributed by atoms with Gasteiger partial charge in [0.15, 0.2) is 0 Å². The zero-order valence-electron chi connectivity index (χ0n) is 11.6. The molecule has 21 heavy (non-hydrogen) atoms. The summed E-state index contributed by atoms with van der Waals surface area (Å²) in [5.74, 6) is -0.846. The van der Waals surface area contributed by atoms with Gasteiger partial charge in [-0.25, -0.2) is 14.8 Å². The van der Waals surface area contributed by atoms with Crippen molar-refractivity contribution >= 4 is 11.9 Å². The first kappa shape index (κ1) is 14.7. The molecule has 0 aromatic carbocycles. The van der Waals surface area contributed by atoms with Gasteiger partial charge in [-0.15, -0.1) is 0 Å². The van der Waals surface area contributed by atoms with E-state index in [1.807, 2.05) is 6.92 Å². The van der Waals surface area contributed by atoms with Crippen molar-refractivity contribution < 1.29 is 14.7 Å². The van der Waals surface area contributed by atoms with Crippen molar-refractivity contribution in [3.63, 3.8) is 0 Å². The number of amides is 1. The van der Waals surface area contributed by atoms with Crippen molar-refractivity contribution in [2.45, 2.75) is 25.8 Å². The molecule has 0 unspecified atom stereocenters. The Morgan fingerprint density at radius 1 is 1.43 bits per heavy atom. The number of pyridine rings is 1. The van der Waals surface area contributed by atoms with Gasteiger partial charge in [-0.3, -0.25) is 9.36 Å². The molecule has 1 amide bonds. The number of carbonyl (C=O) groups excluding carboxylic acids is 1. The van der Waals surface area contributed by atoms with Crippen LogP contribution in [-0.2, 0) is 4.79 Å². The third kappa shape index (κ3) is 3.65. The number of carboxylic acids is 1. The van der Waals surface area contributed by atoms with Gasteiger partial charge in [0.05, 0.1) is 5.56 Å². The van der Waals surface area contributed by atoms with Gasteiger partial charge in [0.2, 0.25) is 0 Å². The van der Waals surface area contributed by atoms with E-state index in [1.165, 1.54) is 6.20 Å². The Labute approximate surface area is 121 Å². The number of rotatable bonds is 6. The van der Waals surface area contributed by atoms with Gasteiger partial charge >= 0.3 is 5.97 Å². The normalized spacial score (nSPS) is 11.9. The number of hydrogen-bond donors (Lipinski definition) is 2. The van der Waals surface area contributed by atoms with E-state index in [0.29, 0.717) is 24.2 Å². The van der Waals surface area contributed by atoms with Crippen LogP contribution in [0.1, 0.15) is 30.1 Å². The lowest BCUT2D eigenvalue weighted by molar-refractivity contribution is -0.139. The number of nitrogens with zero attached hydrogens (tertiary/aromatic N) is 3. The molecule has 2 aromatic rings. The fraction of sp³-hybridized carbons (Fsp3) is 0.286. The maximum atomic E-state index is 12.0. The van der Waals surface area contributed by atoms with Crippen LogP contribution in [0.3, 0.4) is 0 Å². The second kappa shape index (κ2) is 6.65. The number of carbonyl (C=O) groups is 2. The molecule has 110 valence electrons. The maximum Gasteiger partial charge on any atom is 0.326 e. The van der Waals surface area contributed by atoms with E-state index in [-0.39, 0.29) is 0 Å². The number of hydrogen-bond acceptors (Lipinski definition) is 4. The summed E-state index contributed by atoms with van der Waals surface area (Å²) < 4.78 is 1.71. The smallest absolute Gasteiger partial charge is 0.326 e. The van der Waals surface area contributed by atoms with Crippen molar-refractivity contribution in [1.82, 2.24) is 19.9 Å². The summed E-state index contributed by atoms with van der Waals surface area (Å²) in [5.41, 5.74) is 0.321. The Hall–Kier alpha value is -2.70. The van der Waals surface area contributed by atoms with Gasteiger partial charge in [-0.05, 0) is 18.6 Å². The van der Waals surface area contributed by atoms with Crippen LogP contribution in [0.5, 0.6) is 0 Å². The highest BCUT2D eigenvalue weighted by Gasteiger charge is 2.19. The van der Waals surface area contributed by atoms with E-state index in [1.54, 1.807) is 35.4 Å². The molecule has 0 spiro atoms. The van der Waals surface area contributed by atoms with Crippen LogP contribution < -0.4 is 5.32 Å². The van der Waals surface area contributed by atoms with E-state index < -0.39 is 17.9 Å². The minimum Gasteiger partial charge on any atom is -0.480 e. The van der Waals surface area contributed by atoms with Gasteiger partial charge in [0.1, 0.15) is 18.2 Å². The van der Waals surface area contributed by atoms with Gasteiger partial charge in [-0.2, -0.15) is 0 Å². The molecule has 1 atom stereocenters. The molecule has 2 aromatic heterocycles. The molecule has 2 heterocycles. The second-order valence-electron chi connectivity index (χ2n) is 4.53. The Kier molecular flexibility index (Phi) is 4.65. The van der Waals surface area contributed by atoms with Crippen LogP contribution in [0.4, 0.5) is 0 Å². The molecule has 2 N–H and O–H groups in total. The van der Waals surface area contributed by atoms with Crippen molar-refractivity contribution in [1.29, 1.82) is 0 Å². The first-order valence-electron chi connectivity index (χ1n) is 6.60. The summed E-state index contributed by atoms with van der Waals surface area (Å²) in [4.78, 5) is 31.1. The topological polar surface area (TPSA) is 97.1 Å². The second-order valence-corrected chi connectivity index (χ2v) is 4.53. The monoisotopic (exact) mass is 288 g/mol. The minimum atomic E-state index is -1.03. The summed E-state index contributed by atoms with van der Waals surface area (Å²) in [6.07, 6.45) is 7.45. The first-order chi connectivity index (χ1) is 10.1. The molecule has 0 saturated carbocycles. The lowest BCUT2D eigenvalue weighted by Crippen LogP contribution is -2.40. The maximum absolute atomic E-state index is 12.0. The zero-order chi connectivity index (χ0) is 15.2. The van der Waals surface area contributed by atoms with Crippen LogP contribution in [0.25, 0.3) is 5.82 Å². The molecule has 2 rings (SSSR count). The SMILES string of the molecule is CCC[C@@H](NC(=O)c1ccc(-n2ccnc2)nc1)C(=O)O. The Morgan fingerprint density at radius 2 is 2.24 bits per heavy atom. The minimum absolute atomic E-state index is 0.321. The fourth-order valence-corrected chi connectivity index (χ4v) is 1.86. The highest BCUT2D eigenvalue weighted by molar-refractivity contribution is 5.96. The largest absolute Gasteiger partial charge is 0.480 e. The van der Waals surface area contributed by atoms with E-state index in [4.69, 9.17) is 5.11 Å². The molecular formula is C14H16N4O3. The van der Waals surface area contributed by atoms with Crippen LogP contribution in [0.2, 0.25) is 0 Å². The predicted octanol–water partition coefficient (Wildman–Crippen LogP) is 1.25. The average molecular weight is 288 g/mol. The van der Waals surface area contributed by atoms with E-state index in [9.17, 15) is 9.59 Å². The molecular weight excluding hydrogens is 272 g/mol. The quantitative estimate of drug-likeness (QED) is 0.833. The number of nitrogens with one attached hydrogen (secondary N) is 1. The summed E-state index contributed by atoms with van der Waals surface area (Å²) in [6.45, 7) is 1.86. The van der Waals surface area contributed by atoms with Crippen molar-refractivity contribution in [2.75, 3.05) is 0 Å².